The second kappa shape index (κ2) is 16.7. The van der Waals surface area contributed by atoms with Crippen molar-refractivity contribution in [1.29, 1.82) is 0 Å². The molecular formula is C13H14. The van der Waals surface area contributed by atoms with Crippen LogP contribution in [0.5, 0.6) is 0 Å². The van der Waals surface area contributed by atoms with Gasteiger partial charge >= 0.3 is 0 Å². The molecule has 0 rings (SSSR count). The molecule has 0 heteroatoms. The maximum Gasteiger partial charge on any atom is 0.0702 e. The SMILES string of the molecule is CC#CC#CC.CC#CCC#CC. The van der Waals surface area contributed by atoms with E-state index in [2.05, 4.69) is 47.4 Å². The summed E-state index contributed by atoms with van der Waals surface area (Å²) < 4.78 is 0. The van der Waals surface area contributed by atoms with Crippen LogP contribution in [0.1, 0.15) is 34.1 Å². The fourth-order valence-electron chi connectivity index (χ4n) is 0.346. The highest BCUT2D eigenvalue weighted by atomic mass is 13.6. The molecule has 0 aromatic rings. The van der Waals surface area contributed by atoms with Crippen LogP contribution in [-0.4, -0.2) is 0 Å². The van der Waals surface area contributed by atoms with Gasteiger partial charge in [0.2, 0.25) is 0 Å². The second-order valence-corrected chi connectivity index (χ2v) is 1.78. The summed E-state index contributed by atoms with van der Waals surface area (Å²) in [5.41, 5.74) is 0. The predicted octanol–water partition coefficient (Wildman–Crippen LogP) is 2.46. The smallest absolute Gasteiger partial charge is 0.0702 e. The molecule has 0 heterocycles. The fraction of sp³-hybridized carbons (Fsp3) is 0.385. The van der Waals surface area contributed by atoms with Crippen molar-refractivity contribution in [3.63, 3.8) is 0 Å². The Morgan fingerprint density at radius 3 is 1.23 bits per heavy atom. The third-order valence-corrected chi connectivity index (χ3v) is 0.843. The van der Waals surface area contributed by atoms with E-state index in [1.165, 1.54) is 0 Å². The molecule has 0 aromatic heterocycles. The van der Waals surface area contributed by atoms with Crippen molar-refractivity contribution in [2.24, 2.45) is 0 Å². The van der Waals surface area contributed by atoms with E-state index in [-0.39, 0.29) is 0 Å². The molecule has 0 spiro atoms. The van der Waals surface area contributed by atoms with Crippen molar-refractivity contribution < 1.29 is 0 Å². The van der Waals surface area contributed by atoms with Gasteiger partial charge in [-0.3, -0.25) is 0 Å². The van der Waals surface area contributed by atoms with Crippen molar-refractivity contribution in [2.45, 2.75) is 34.1 Å². The van der Waals surface area contributed by atoms with E-state index in [4.69, 9.17) is 0 Å². The molecule has 0 atom stereocenters. The molecule has 0 aliphatic rings. The molecule has 0 aromatic carbocycles. The first-order valence-corrected chi connectivity index (χ1v) is 3.96. The Morgan fingerprint density at radius 1 is 0.615 bits per heavy atom. The van der Waals surface area contributed by atoms with E-state index < -0.39 is 0 Å². The van der Waals surface area contributed by atoms with Crippen molar-refractivity contribution in [1.82, 2.24) is 0 Å². The van der Waals surface area contributed by atoms with Gasteiger partial charge in [0.05, 0.1) is 6.42 Å². The fourth-order valence-corrected chi connectivity index (χ4v) is 0.346. The first-order valence-electron chi connectivity index (χ1n) is 3.96. The quantitative estimate of drug-likeness (QED) is 0.490. The molecule has 0 nitrogen and oxygen atoms in total. The van der Waals surface area contributed by atoms with Gasteiger partial charge in [0.25, 0.3) is 0 Å². The summed E-state index contributed by atoms with van der Waals surface area (Å²) in [4.78, 5) is 0. The van der Waals surface area contributed by atoms with Crippen LogP contribution < -0.4 is 0 Å². The van der Waals surface area contributed by atoms with Crippen LogP contribution in [0.25, 0.3) is 0 Å². The van der Waals surface area contributed by atoms with Gasteiger partial charge in [-0.15, -0.1) is 11.8 Å². The molecule has 0 unspecified atom stereocenters. The third kappa shape index (κ3) is 25.3. The molecule has 13 heavy (non-hydrogen) atoms. The van der Waals surface area contributed by atoms with Gasteiger partial charge in [0.1, 0.15) is 0 Å². The van der Waals surface area contributed by atoms with Gasteiger partial charge in [-0.05, 0) is 39.5 Å². The van der Waals surface area contributed by atoms with Gasteiger partial charge in [-0.1, -0.05) is 23.7 Å². The average Bonchev–Trinajstić information content (AvgIpc) is 2.17. The summed E-state index contributed by atoms with van der Waals surface area (Å²) in [6.07, 6.45) is 0.715. The van der Waals surface area contributed by atoms with Crippen molar-refractivity contribution in [3.05, 3.63) is 0 Å². The van der Waals surface area contributed by atoms with Crippen LogP contribution in [0.15, 0.2) is 0 Å². The molecule has 0 radical (unpaired) electrons. The Balaban J connectivity index is 0. The van der Waals surface area contributed by atoms with E-state index in [1.54, 1.807) is 13.8 Å². The minimum atomic E-state index is 0.715. The highest BCUT2D eigenvalue weighted by Crippen LogP contribution is 1.66. The van der Waals surface area contributed by atoms with Gasteiger partial charge in [-0.2, -0.15) is 0 Å². The molecule has 0 aliphatic carbocycles. The van der Waals surface area contributed by atoms with Crippen LogP contribution in [0.4, 0.5) is 0 Å². The molecule has 66 valence electrons. The maximum atomic E-state index is 2.83. The Hall–Kier alpha value is -1.76. The molecule has 0 aliphatic heterocycles. The summed E-state index contributed by atoms with van der Waals surface area (Å²) in [7, 11) is 0. The normalized spacial score (nSPS) is 4.31. The largest absolute Gasteiger partial charge is 0.106 e. The lowest BCUT2D eigenvalue weighted by atomic mass is 10.4. The lowest BCUT2D eigenvalue weighted by Crippen LogP contribution is -1.54. The van der Waals surface area contributed by atoms with E-state index in [1.807, 2.05) is 13.8 Å². The summed E-state index contributed by atoms with van der Waals surface area (Å²) in [5.74, 6) is 21.6. The standard InChI is InChI=1S/C7H8.C6H6/c1-3-5-7-6-4-2;1-3-5-6-4-2/h7H2,1-2H3;1-2H3. The van der Waals surface area contributed by atoms with Gasteiger partial charge in [-0.25, -0.2) is 0 Å². The number of hydrogen-bond acceptors (Lipinski definition) is 0. The predicted molar refractivity (Wildman–Crippen MR) is 58.4 cm³/mol. The van der Waals surface area contributed by atoms with Crippen LogP contribution in [0, 0.1) is 47.4 Å². The molecule has 0 bridgehead atoms. The van der Waals surface area contributed by atoms with Crippen LogP contribution >= 0.6 is 0 Å². The molecule has 0 amide bonds. The second-order valence-electron chi connectivity index (χ2n) is 1.78. The average molecular weight is 170 g/mol. The lowest BCUT2D eigenvalue weighted by molar-refractivity contribution is 1.55. The zero-order valence-electron chi connectivity index (χ0n) is 8.71. The molecule has 0 saturated carbocycles. The summed E-state index contributed by atoms with van der Waals surface area (Å²) in [6, 6.07) is 0. The minimum Gasteiger partial charge on any atom is -0.106 e. The zero-order valence-corrected chi connectivity index (χ0v) is 8.71. The highest BCUT2D eigenvalue weighted by molar-refractivity contribution is 5.23. The van der Waals surface area contributed by atoms with Crippen molar-refractivity contribution in [2.75, 3.05) is 0 Å². The summed E-state index contributed by atoms with van der Waals surface area (Å²) in [5, 5.41) is 0. The Bertz CT molecular complexity index is 292. The van der Waals surface area contributed by atoms with E-state index in [0.717, 1.165) is 0 Å². The zero-order chi connectivity index (χ0) is 10.4. The molecular weight excluding hydrogens is 156 g/mol. The highest BCUT2D eigenvalue weighted by Gasteiger charge is 1.57. The first-order chi connectivity index (χ1) is 6.33. The van der Waals surface area contributed by atoms with Gasteiger partial charge in [0.15, 0.2) is 0 Å². The maximum absolute atomic E-state index is 2.83. The number of rotatable bonds is 0. The third-order valence-electron chi connectivity index (χ3n) is 0.843. The minimum absolute atomic E-state index is 0.715. The number of hydrogen-bond donors (Lipinski definition) is 0. The van der Waals surface area contributed by atoms with Crippen LogP contribution in [0.2, 0.25) is 0 Å². The van der Waals surface area contributed by atoms with Gasteiger partial charge < -0.3 is 0 Å². The molecule has 0 N–H and O–H groups in total. The Morgan fingerprint density at radius 2 is 1.00 bits per heavy atom. The van der Waals surface area contributed by atoms with Crippen molar-refractivity contribution in [3.8, 4) is 47.4 Å². The van der Waals surface area contributed by atoms with Crippen molar-refractivity contribution >= 4 is 0 Å². The van der Waals surface area contributed by atoms with E-state index >= 15 is 0 Å². The Kier molecular flexibility index (Phi) is 17.7. The topological polar surface area (TPSA) is 0 Å². The van der Waals surface area contributed by atoms with E-state index in [0.29, 0.717) is 6.42 Å². The summed E-state index contributed by atoms with van der Waals surface area (Å²) >= 11 is 0. The monoisotopic (exact) mass is 170 g/mol. The Labute approximate surface area is 82.1 Å². The summed E-state index contributed by atoms with van der Waals surface area (Å²) in [6.45, 7) is 7.17. The molecule has 0 fully saturated rings. The van der Waals surface area contributed by atoms with E-state index in [9.17, 15) is 0 Å². The lowest BCUT2D eigenvalue weighted by Gasteiger charge is -1.63. The van der Waals surface area contributed by atoms with Crippen LogP contribution in [0.3, 0.4) is 0 Å². The molecule has 0 saturated heterocycles. The van der Waals surface area contributed by atoms with Gasteiger partial charge in [0, 0.05) is 0 Å². The van der Waals surface area contributed by atoms with Crippen LogP contribution in [-0.2, 0) is 0 Å². The first kappa shape index (κ1) is 13.8.